The van der Waals surface area contributed by atoms with Crippen LogP contribution >= 0.6 is 0 Å². The fourth-order valence-electron chi connectivity index (χ4n) is 5.47. The predicted octanol–water partition coefficient (Wildman–Crippen LogP) is 6.50. The van der Waals surface area contributed by atoms with Gasteiger partial charge in [-0.05, 0) is 73.1 Å². The van der Waals surface area contributed by atoms with Crippen molar-refractivity contribution in [2.45, 2.75) is 58.9 Å². The van der Waals surface area contributed by atoms with Crippen LogP contribution in [0.1, 0.15) is 60.5 Å². The van der Waals surface area contributed by atoms with Crippen molar-refractivity contribution in [1.29, 1.82) is 0 Å². The van der Waals surface area contributed by atoms with E-state index in [-0.39, 0.29) is 28.9 Å². The lowest BCUT2D eigenvalue weighted by molar-refractivity contribution is 0.443. The van der Waals surface area contributed by atoms with Crippen molar-refractivity contribution in [2.24, 2.45) is 0 Å². The average Bonchev–Trinajstić information content (AvgIpc) is 3.72. The van der Waals surface area contributed by atoms with Crippen molar-refractivity contribution in [3.8, 4) is 34.2 Å². The predicted molar refractivity (Wildman–Crippen MR) is 157 cm³/mol. The molecule has 0 unspecified atom stereocenters. The number of hydrogen-bond acceptors (Lipinski definition) is 5. The summed E-state index contributed by atoms with van der Waals surface area (Å²) in [5.74, 6) is -1.39. The van der Waals surface area contributed by atoms with Gasteiger partial charge in [-0.1, -0.05) is 44.2 Å². The normalized spacial score (nSPS) is 13.1. The Morgan fingerprint density at radius 3 is 2.40 bits per heavy atom. The van der Waals surface area contributed by atoms with Gasteiger partial charge in [0.25, 0.3) is 5.56 Å². The number of aromatic nitrogens is 5. The Kier molecular flexibility index (Phi) is 7.18. The number of para-hydroxylation sites is 1. The molecule has 3 heterocycles. The first-order valence-corrected chi connectivity index (χ1v) is 14.2. The molecule has 0 aliphatic heterocycles. The van der Waals surface area contributed by atoms with Gasteiger partial charge in [-0.2, -0.15) is 14.5 Å². The van der Waals surface area contributed by atoms with Crippen LogP contribution in [0.15, 0.2) is 65.7 Å². The molecule has 42 heavy (non-hydrogen) atoms. The largest absolute Gasteiger partial charge is 0.493 e. The van der Waals surface area contributed by atoms with Crippen molar-refractivity contribution in [3.63, 3.8) is 0 Å². The van der Waals surface area contributed by atoms with Crippen LogP contribution in [0.4, 0.5) is 8.78 Å². The van der Waals surface area contributed by atoms with Gasteiger partial charge in [-0.25, -0.2) is 9.37 Å². The first kappa shape index (κ1) is 27.5. The van der Waals surface area contributed by atoms with Crippen LogP contribution in [0.5, 0.6) is 5.88 Å². The molecule has 0 spiro atoms. The maximum atomic E-state index is 15.3. The molecular formula is C33H31F2N5O2. The topological polar surface area (TPSA) is 85.8 Å². The molecule has 1 saturated carbocycles. The van der Waals surface area contributed by atoms with E-state index < -0.39 is 23.2 Å². The van der Waals surface area contributed by atoms with Gasteiger partial charge >= 0.3 is 0 Å². The molecule has 9 heteroatoms. The number of rotatable bonds is 8. The Bertz CT molecular complexity index is 1850. The number of aromatic hydroxyl groups is 1. The van der Waals surface area contributed by atoms with E-state index in [0.29, 0.717) is 35.7 Å². The Morgan fingerprint density at radius 2 is 1.74 bits per heavy atom. The van der Waals surface area contributed by atoms with Gasteiger partial charge in [-0.3, -0.25) is 14.0 Å². The average molecular weight is 568 g/mol. The molecule has 6 rings (SSSR count). The van der Waals surface area contributed by atoms with Crippen LogP contribution < -0.4 is 5.56 Å². The van der Waals surface area contributed by atoms with E-state index in [9.17, 15) is 14.3 Å². The van der Waals surface area contributed by atoms with Gasteiger partial charge in [0.05, 0.1) is 17.3 Å². The molecule has 1 fully saturated rings. The highest BCUT2D eigenvalue weighted by Crippen LogP contribution is 2.35. The fraction of sp³-hybridized carbons (Fsp3) is 0.273. The third-order valence-electron chi connectivity index (χ3n) is 7.95. The number of nitrogens with zero attached hydrogens (tertiary/aromatic N) is 5. The standard InChI is InChI=1S/C33H31F2N5O2/c1-4-21-7-6-8-22(5-2)29(21)40-31(28-14-16-39(38-28)23-10-11-23)37-32(41)26(33(40)42)17-20-9-12-25(27(34)18-20)24-13-15-36-30(35)19(24)3/h6-9,12-16,18,23,41H,4-5,10-11,17H2,1-3H3. The van der Waals surface area contributed by atoms with Gasteiger partial charge in [0.15, 0.2) is 5.82 Å². The van der Waals surface area contributed by atoms with Crippen LogP contribution in [0, 0.1) is 18.7 Å². The summed E-state index contributed by atoms with van der Waals surface area (Å²) < 4.78 is 32.8. The molecule has 0 atom stereocenters. The van der Waals surface area contributed by atoms with Crippen molar-refractivity contribution in [3.05, 3.63) is 111 Å². The Balaban J connectivity index is 1.49. The summed E-state index contributed by atoms with van der Waals surface area (Å²) in [5, 5.41) is 15.8. The Labute approximate surface area is 242 Å². The van der Waals surface area contributed by atoms with Crippen LogP contribution in [0.25, 0.3) is 28.3 Å². The lowest BCUT2D eigenvalue weighted by Crippen LogP contribution is -2.27. The van der Waals surface area contributed by atoms with E-state index >= 15 is 4.39 Å². The summed E-state index contributed by atoms with van der Waals surface area (Å²) in [6, 6.07) is 14.2. The van der Waals surface area contributed by atoms with Crippen LogP contribution in [0.2, 0.25) is 0 Å². The highest BCUT2D eigenvalue weighted by Gasteiger charge is 2.27. The summed E-state index contributed by atoms with van der Waals surface area (Å²) in [6.07, 6.45) is 6.59. The first-order valence-electron chi connectivity index (χ1n) is 14.2. The molecule has 1 N–H and O–H groups in total. The number of hydrogen-bond donors (Lipinski definition) is 1. The van der Waals surface area contributed by atoms with E-state index in [4.69, 9.17) is 5.10 Å². The maximum Gasteiger partial charge on any atom is 0.265 e. The number of halogens is 2. The van der Waals surface area contributed by atoms with Crippen molar-refractivity contribution in [2.75, 3.05) is 0 Å². The monoisotopic (exact) mass is 567 g/mol. The number of pyridine rings is 1. The van der Waals surface area contributed by atoms with Gasteiger partial charge in [0.2, 0.25) is 11.8 Å². The molecule has 1 aliphatic rings. The third kappa shape index (κ3) is 4.89. The second kappa shape index (κ2) is 11.0. The molecular weight excluding hydrogens is 536 g/mol. The van der Waals surface area contributed by atoms with Gasteiger partial charge in [-0.15, -0.1) is 0 Å². The Morgan fingerprint density at radius 1 is 1.00 bits per heavy atom. The van der Waals surface area contributed by atoms with Crippen LogP contribution in [-0.2, 0) is 19.3 Å². The van der Waals surface area contributed by atoms with Crippen molar-refractivity contribution < 1.29 is 13.9 Å². The SMILES string of the molecule is CCc1cccc(CC)c1-n1c(-c2ccn(C3CC3)n2)nc(O)c(Cc2ccc(-c3ccnc(F)c3C)c(F)c2)c1=O. The Hall–Kier alpha value is -4.66. The molecule has 0 saturated heterocycles. The summed E-state index contributed by atoms with van der Waals surface area (Å²) in [7, 11) is 0. The minimum Gasteiger partial charge on any atom is -0.493 e. The molecule has 1 aliphatic carbocycles. The summed E-state index contributed by atoms with van der Waals surface area (Å²) in [6.45, 7) is 5.60. The zero-order valence-corrected chi connectivity index (χ0v) is 23.7. The van der Waals surface area contributed by atoms with E-state index in [2.05, 4.69) is 9.97 Å². The highest BCUT2D eigenvalue weighted by molar-refractivity contribution is 5.68. The molecule has 2 aromatic carbocycles. The van der Waals surface area contributed by atoms with E-state index in [1.54, 1.807) is 29.7 Å². The fourth-order valence-corrected chi connectivity index (χ4v) is 5.47. The zero-order chi connectivity index (χ0) is 29.5. The van der Waals surface area contributed by atoms with E-state index in [0.717, 1.165) is 29.7 Å². The highest BCUT2D eigenvalue weighted by atomic mass is 19.1. The molecule has 0 bridgehead atoms. The minimum atomic E-state index is -0.659. The number of benzene rings is 2. The summed E-state index contributed by atoms with van der Waals surface area (Å²) >= 11 is 0. The first-order chi connectivity index (χ1) is 20.3. The van der Waals surface area contributed by atoms with Gasteiger partial charge in [0.1, 0.15) is 11.5 Å². The quantitative estimate of drug-likeness (QED) is 0.216. The lowest BCUT2D eigenvalue weighted by atomic mass is 9.98. The summed E-state index contributed by atoms with van der Waals surface area (Å²) in [4.78, 5) is 22.5. The summed E-state index contributed by atoms with van der Waals surface area (Å²) in [5.41, 5.74) is 4.10. The van der Waals surface area contributed by atoms with E-state index in [1.165, 1.54) is 12.3 Å². The zero-order valence-electron chi connectivity index (χ0n) is 23.7. The molecule has 0 amide bonds. The minimum absolute atomic E-state index is 0.0478. The third-order valence-corrected chi connectivity index (χ3v) is 7.95. The van der Waals surface area contributed by atoms with Crippen molar-refractivity contribution >= 4 is 0 Å². The van der Waals surface area contributed by atoms with Crippen LogP contribution in [0.3, 0.4) is 0 Å². The van der Waals surface area contributed by atoms with Crippen molar-refractivity contribution in [1.82, 2.24) is 24.3 Å². The smallest absolute Gasteiger partial charge is 0.265 e. The molecule has 0 radical (unpaired) electrons. The molecule has 5 aromatic rings. The molecule has 3 aromatic heterocycles. The second-order valence-corrected chi connectivity index (χ2v) is 10.7. The second-order valence-electron chi connectivity index (χ2n) is 10.7. The van der Waals surface area contributed by atoms with E-state index in [1.807, 2.05) is 49.0 Å². The molecule has 214 valence electrons. The van der Waals surface area contributed by atoms with Gasteiger partial charge in [0, 0.05) is 29.9 Å². The molecule has 7 nitrogen and oxygen atoms in total. The van der Waals surface area contributed by atoms with Gasteiger partial charge < -0.3 is 5.11 Å². The number of aryl methyl sites for hydroxylation is 2. The van der Waals surface area contributed by atoms with Crippen LogP contribution in [-0.4, -0.2) is 29.4 Å². The maximum absolute atomic E-state index is 15.3. The lowest BCUT2D eigenvalue weighted by Gasteiger charge is -2.19.